The molecule has 0 aromatic carbocycles. The molecule has 0 aromatic heterocycles. The first kappa shape index (κ1) is 23.2. The van der Waals surface area contributed by atoms with E-state index in [0.717, 1.165) is 0 Å². The van der Waals surface area contributed by atoms with Crippen LogP contribution in [0.2, 0.25) is 36.3 Å². The topological polar surface area (TPSA) is 47.9 Å². The molecule has 1 rings (SSSR count). The van der Waals surface area contributed by atoms with Gasteiger partial charge in [-0.2, -0.15) is 8.78 Å². The van der Waals surface area contributed by atoms with Crippen molar-refractivity contribution < 1.29 is 27.5 Å². The van der Waals surface area contributed by atoms with Crippen LogP contribution in [-0.2, 0) is 13.6 Å². The van der Waals surface area contributed by atoms with Gasteiger partial charge in [-0.3, -0.25) is 0 Å². The van der Waals surface area contributed by atoms with E-state index >= 15 is 0 Å². The van der Waals surface area contributed by atoms with E-state index in [1.54, 1.807) is 0 Å². The summed E-state index contributed by atoms with van der Waals surface area (Å²) in [5.74, 6) is -3.45. The van der Waals surface area contributed by atoms with Crippen molar-refractivity contribution in [3.63, 3.8) is 0 Å². The highest BCUT2D eigenvalue weighted by atomic mass is 28.4. The van der Waals surface area contributed by atoms with Gasteiger partial charge in [-0.1, -0.05) is 41.5 Å². The largest absolute Gasteiger partial charge is 0.414 e. The van der Waals surface area contributed by atoms with Crippen molar-refractivity contribution in [1.29, 1.82) is 0 Å². The molecule has 1 fully saturated rings. The molecule has 150 valence electrons. The highest BCUT2D eigenvalue weighted by Gasteiger charge is 2.61. The van der Waals surface area contributed by atoms with Crippen LogP contribution in [0.25, 0.3) is 0 Å². The van der Waals surface area contributed by atoms with Gasteiger partial charge >= 0.3 is 5.92 Å². The first-order chi connectivity index (χ1) is 10.8. The predicted molar refractivity (Wildman–Crippen MR) is 101 cm³/mol. The lowest BCUT2D eigenvalue weighted by atomic mass is 10.1. The molecular weight excluding hydrogens is 362 g/mol. The fourth-order valence-corrected chi connectivity index (χ4v) is 4.31. The van der Waals surface area contributed by atoms with Crippen LogP contribution in [0.15, 0.2) is 0 Å². The number of hydrogen-bond acceptors (Lipinski definition) is 4. The van der Waals surface area contributed by atoms with Gasteiger partial charge in [0.05, 0.1) is 6.61 Å². The van der Waals surface area contributed by atoms with Crippen LogP contribution in [0.3, 0.4) is 0 Å². The summed E-state index contributed by atoms with van der Waals surface area (Å²) in [6.45, 7) is 20.2. The molecule has 1 N–H and O–H groups in total. The molecule has 0 bridgehead atoms. The fraction of sp³-hybridized carbons (Fsp3) is 1.00. The monoisotopic (exact) mass is 398 g/mol. The van der Waals surface area contributed by atoms with E-state index in [2.05, 4.69) is 33.9 Å². The molecule has 1 heterocycles. The minimum Gasteiger partial charge on any atom is -0.414 e. The molecular formula is C17H36F2O4Si2. The SMILES string of the molecule is CC(C)(C)[Si](C)(C)OC[C@H]1O[C@@H](O)C(F)(F)[C@H]1O[Si](C)(C)C(C)(C)C. The maximum absolute atomic E-state index is 14.5. The third kappa shape index (κ3) is 4.90. The Morgan fingerprint density at radius 2 is 1.40 bits per heavy atom. The smallest absolute Gasteiger partial charge is 0.324 e. The molecule has 0 aromatic rings. The van der Waals surface area contributed by atoms with E-state index in [0.29, 0.717) is 0 Å². The zero-order valence-corrected chi connectivity index (χ0v) is 19.4. The summed E-state index contributed by atoms with van der Waals surface area (Å²) >= 11 is 0. The summed E-state index contributed by atoms with van der Waals surface area (Å²) in [5.41, 5.74) is 0. The first-order valence-corrected chi connectivity index (χ1v) is 14.7. The molecule has 0 amide bonds. The maximum atomic E-state index is 14.5. The van der Waals surface area contributed by atoms with E-state index in [1.807, 2.05) is 33.9 Å². The molecule has 0 radical (unpaired) electrons. The quantitative estimate of drug-likeness (QED) is 0.679. The number of rotatable bonds is 5. The van der Waals surface area contributed by atoms with Crippen molar-refractivity contribution >= 4 is 16.6 Å². The molecule has 25 heavy (non-hydrogen) atoms. The van der Waals surface area contributed by atoms with E-state index in [4.69, 9.17) is 13.6 Å². The molecule has 3 atom stereocenters. The minimum atomic E-state index is -3.45. The van der Waals surface area contributed by atoms with Crippen molar-refractivity contribution in [2.75, 3.05) is 6.61 Å². The van der Waals surface area contributed by atoms with Crippen LogP contribution in [-0.4, -0.2) is 52.8 Å². The molecule has 8 heteroatoms. The second-order valence-electron chi connectivity index (χ2n) is 10.1. The van der Waals surface area contributed by atoms with E-state index in [9.17, 15) is 13.9 Å². The fourth-order valence-electron chi connectivity index (χ4n) is 2.00. The summed E-state index contributed by atoms with van der Waals surface area (Å²) in [5, 5.41) is 9.45. The van der Waals surface area contributed by atoms with Crippen LogP contribution in [0, 0.1) is 0 Å². The average molecular weight is 399 g/mol. The summed E-state index contributed by atoms with van der Waals surface area (Å²) in [7, 11) is -4.57. The van der Waals surface area contributed by atoms with Gasteiger partial charge in [-0.05, 0) is 36.3 Å². The standard InChI is InChI=1S/C17H36F2O4Si2/c1-15(2,3)24(7,8)21-11-12-13(17(18,19)14(20)22-12)23-25(9,10)16(4,5)6/h12-14,20H,11H2,1-10H3/t12-,13+,14-/m1/s1. The van der Waals surface area contributed by atoms with Gasteiger partial charge in [0, 0.05) is 0 Å². The average Bonchev–Trinajstić information content (AvgIpc) is 2.57. The van der Waals surface area contributed by atoms with Crippen molar-refractivity contribution in [3.8, 4) is 0 Å². The van der Waals surface area contributed by atoms with Crippen LogP contribution in [0.1, 0.15) is 41.5 Å². The Bertz CT molecular complexity index is 470. The van der Waals surface area contributed by atoms with Crippen molar-refractivity contribution in [3.05, 3.63) is 0 Å². The second kappa shape index (κ2) is 6.94. The highest BCUT2D eigenvalue weighted by Crippen LogP contribution is 2.44. The van der Waals surface area contributed by atoms with Crippen LogP contribution >= 0.6 is 0 Å². The molecule has 1 aliphatic rings. The van der Waals surface area contributed by atoms with Gasteiger partial charge in [0.2, 0.25) is 6.29 Å². The Morgan fingerprint density at radius 1 is 0.960 bits per heavy atom. The summed E-state index contributed by atoms with van der Waals surface area (Å²) in [6.07, 6.45) is -4.63. The van der Waals surface area contributed by atoms with Gasteiger partial charge in [0.25, 0.3) is 0 Å². The van der Waals surface area contributed by atoms with Gasteiger partial charge in [0.15, 0.2) is 16.6 Å². The molecule has 0 saturated carbocycles. The lowest BCUT2D eigenvalue weighted by Gasteiger charge is -2.41. The lowest BCUT2D eigenvalue weighted by Crippen LogP contribution is -2.53. The van der Waals surface area contributed by atoms with Gasteiger partial charge in [0.1, 0.15) is 12.2 Å². The Morgan fingerprint density at radius 3 is 1.80 bits per heavy atom. The zero-order valence-electron chi connectivity index (χ0n) is 17.4. The van der Waals surface area contributed by atoms with Crippen molar-refractivity contribution in [2.45, 2.75) is 102 Å². The molecule has 0 aliphatic carbocycles. The van der Waals surface area contributed by atoms with Crippen molar-refractivity contribution in [2.24, 2.45) is 0 Å². The van der Waals surface area contributed by atoms with Crippen LogP contribution in [0.5, 0.6) is 0 Å². The zero-order chi connectivity index (χ0) is 20.1. The minimum absolute atomic E-state index is 0.00241. The first-order valence-electron chi connectivity index (χ1n) is 8.86. The Hall–Kier alpha value is 0.134. The van der Waals surface area contributed by atoms with Crippen molar-refractivity contribution in [1.82, 2.24) is 0 Å². The lowest BCUT2D eigenvalue weighted by molar-refractivity contribution is -0.197. The normalized spacial score (nSPS) is 28.4. The van der Waals surface area contributed by atoms with Crippen LogP contribution in [0.4, 0.5) is 8.78 Å². The van der Waals surface area contributed by atoms with Gasteiger partial charge in [-0.25, -0.2) is 0 Å². The Kier molecular flexibility index (Phi) is 6.43. The summed E-state index contributed by atoms with van der Waals surface area (Å²) in [6, 6.07) is 0. The summed E-state index contributed by atoms with van der Waals surface area (Å²) < 4.78 is 46.2. The Balaban J connectivity index is 2.98. The Labute approximate surface area is 153 Å². The number of halogens is 2. The predicted octanol–water partition coefficient (Wildman–Crippen LogP) is 4.75. The summed E-state index contributed by atoms with van der Waals surface area (Å²) in [4.78, 5) is 0. The third-order valence-electron chi connectivity index (χ3n) is 5.99. The number of aliphatic hydroxyl groups is 1. The molecule has 0 spiro atoms. The number of aliphatic hydroxyl groups excluding tert-OH is 1. The molecule has 1 saturated heterocycles. The van der Waals surface area contributed by atoms with Gasteiger partial charge < -0.3 is 18.7 Å². The third-order valence-corrected chi connectivity index (χ3v) is 14.9. The maximum Gasteiger partial charge on any atom is 0.324 e. The number of alkyl halides is 2. The molecule has 4 nitrogen and oxygen atoms in total. The van der Waals surface area contributed by atoms with E-state index in [1.165, 1.54) is 0 Å². The van der Waals surface area contributed by atoms with Crippen LogP contribution < -0.4 is 0 Å². The highest BCUT2D eigenvalue weighted by molar-refractivity contribution is 6.74. The number of hydrogen-bond donors (Lipinski definition) is 1. The molecule has 1 aliphatic heterocycles. The van der Waals surface area contributed by atoms with Gasteiger partial charge in [-0.15, -0.1) is 0 Å². The van der Waals surface area contributed by atoms with E-state index < -0.39 is 41.1 Å². The van der Waals surface area contributed by atoms with E-state index in [-0.39, 0.29) is 16.7 Å². The molecule has 0 unspecified atom stereocenters. The number of ether oxygens (including phenoxy) is 1. The second-order valence-corrected chi connectivity index (χ2v) is 19.6.